The molecule has 1 N–H and O–H groups in total. The molecule has 0 amide bonds. The van der Waals surface area contributed by atoms with E-state index in [9.17, 15) is 0 Å². The normalized spacial score (nSPS) is 31.7. The zero-order valence-electron chi connectivity index (χ0n) is 6.83. The molecule has 3 heterocycles. The van der Waals surface area contributed by atoms with Crippen molar-refractivity contribution in [1.29, 1.82) is 0 Å². The van der Waals surface area contributed by atoms with Gasteiger partial charge in [-0.25, -0.2) is 9.97 Å². The van der Waals surface area contributed by atoms with E-state index in [1.165, 1.54) is 24.1 Å². The molecule has 0 unspecified atom stereocenters. The van der Waals surface area contributed by atoms with Crippen LogP contribution in [-0.2, 0) is 6.42 Å². The summed E-state index contributed by atoms with van der Waals surface area (Å²) in [5.41, 5.74) is 2.59. The molecule has 0 spiro atoms. The molecule has 0 aromatic carbocycles. The second kappa shape index (κ2) is 2.26. The van der Waals surface area contributed by atoms with Gasteiger partial charge in [-0.2, -0.15) is 0 Å². The van der Waals surface area contributed by atoms with E-state index in [4.69, 9.17) is 0 Å². The van der Waals surface area contributed by atoms with Gasteiger partial charge in [0.05, 0.1) is 5.69 Å². The summed E-state index contributed by atoms with van der Waals surface area (Å²) in [7, 11) is 0. The molecule has 2 atom stereocenters. The fourth-order valence-electron chi connectivity index (χ4n) is 2.29. The molecule has 2 bridgehead atoms. The maximum Gasteiger partial charge on any atom is 0.115 e. The Morgan fingerprint density at radius 1 is 1.42 bits per heavy atom. The van der Waals surface area contributed by atoms with Crippen molar-refractivity contribution in [2.45, 2.75) is 31.3 Å². The van der Waals surface area contributed by atoms with E-state index >= 15 is 0 Å². The van der Waals surface area contributed by atoms with Gasteiger partial charge in [0, 0.05) is 30.3 Å². The van der Waals surface area contributed by atoms with E-state index in [1.807, 2.05) is 6.20 Å². The number of fused-ring (bicyclic) bond motifs is 4. The SMILES string of the molecule is c1ncc2c(n1)C[C@@H]1CC[C@H]2N1. The standard InChI is InChI=1S/C9H11N3/c1-2-8-7-4-10-5-11-9(7)3-6(1)12-8/h4-6,8,12H,1-3H2/t6-,8+/m0/s1. The van der Waals surface area contributed by atoms with E-state index in [-0.39, 0.29) is 0 Å². The minimum absolute atomic E-state index is 0.542. The molecule has 3 rings (SSSR count). The molecule has 1 aromatic heterocycles. The van der Waals surface area contributed by atoms with Crippen molar-refractivity contribution in [1.82, 2.24) is 15.3 Å². The Kier molecular flexibility index (Phi) is 1.23. The van der Waals surface area contributed by atoms with Crippen LogP contribution in [0, 0.1) is 0 Å². The summed E-state index contributed by atoms with van der Waals surface area (Å²) in [5, 5.41) is 3.57. The Hall–Kier alpha value is -0.960. The number of rotatable bonds is 0. The lowest BCUT2D eigenvalue weighted by Gasteiger charge is -2.22. The Balaban J connectivity index is 2.13. The highest BCUT2D eigenvalue weighted by Crippen LogP contribution is 2.33. The van der Waals surface area contributed by atoms with Gasteiger partial charge in [0.15, 0.2) is 0 Å². The van der Waals surface area contributed by atoms with Gasteiger partial charge in [0.2, 0.25) is 0 Å². The van der Waals surface area contributed by atoms with E-state index < -0.39 is 0 Å². The maximum atomic E-state index is 4.31. The highest BCUT2D eigenvalue weighted by molar-refractivity contribution is 5.26. The van der Waals surface area contributed by atoms with Crippen LogP contribution in [0.4, 0.5) is 0 Å². The fraction of sp³-hybridized carbons (Fsp3) is 0.556. The molecule has 3 nitrogen and oxygen atoms in total. The first-order chi connectivity index (χ1) is 5.93. The van der Waals surface area contributed by atoms with Gasteiger partial charge >= 0.3 is 0 Å². The summed E-state index contributed by atoms with van der Waals surface area (Å²) in [6.07, 6.45) is 7.26. The Morgan fingerprint density at radius 3 is 3.42 bits per heavy atom. The maximum absolute atomic E-state index is 4.31. The quantitative estimate of drug-likeness (QED) is 0.612. The molecule has 62 valence electrons. The minimum Gasteiger partial charge on any atom is -0.307 e. The second-order valence-electron chi connectivity index (χ2n) is 3.62. The van der Waals surface area contributed by atoms with E-state index in [1.54, 1.807) is 6.33 Å². The Morgan fingerprint density at radius 2 is 2.42 bits per heavy atom. The molecule has 1 aromatic rings. The van der Waals surface area contributed by atoms with Gasteiger partial charge < -0.3 is 5.32 Å². The summed E-state index contributed by atoms with van der Waals surface area (Å²) in [4.78, 5) is 8.37. The third-order valence-corrected chi connectivity index (χ3v) is 2.88. The third-order valence-electron chi connectivity index (χ3n) is 2.88. The second-order valence-corrected chi connectivity index (χ2v) is 3.62. The molecule has 3 heteroatoms. The average molecular weight is 161 g/mol. The van der Waals surface area contributed by atoms with E-state index in [0.717, 1.165) is 6.42 Å². The van der Waals surface area contributed by atoms with Crippen molar-refractivity contribution < 1.29 is 0 Å². The van der Waals surface area contributed by atoms with Crippen LogP contribution in [-0.4, -0.2) is 16.0 Å². The van der Waals surface area contributed by atoms with Gasteiger partial charge in [-0.3, -0.25) is 0 Å². The largest absolute Gasteiger partial charge is 0.307 e. The van der Waals surface area contributed by atoms with Crippen molar-refractivity contribution in [2.75, 3.05) is 0 Å². The van der Waals surface area contributed by atoms with Crippen molar-refractivity contribution in [3.05, 3.63) is 23.8 Å². The van der Waals surface area contributed by atoms with Crippen LogP contribution >= 0.6 is 0 Å². The van der Waals surface area contributed by atoms with Gasteiger partial charge in [0.1, 0.15) is 6.33 Å². The third kappa shape index (κ3) is 0.799. The molecule has 2 aliphatic rings. The van der Waals surface area contributed by atoms with Crippen molar-refractivity contribution in [3.8, 4) is 0 Å². The number of hydrogen-bond acceptors (Lipinski definition) is 3. The molecule has 12 heavy (non-hydrogen) atoms. The molecule has 2 aliphatic heterocycles. The zero-order valence-corrected chi connectivity index (χ0v) is 6.83. The fourth-order valence-corrected chi connectivity index (χ4v) is 2.29. The van der Waals surface area contributed by atoms with Crippen LogP contribution in [0.25, 0.3) is 0 Å². The lowest BCUT2D eigenvalue weighted by Crippen LogP contribution is -2.32. The zero-order chi connectivity index (χ0) is 7.97. The molecule has 1 saturated heterocycles. The van der Waals surface area contributed by atoms with Gasteiger partial charge in [-0.15, -0.1) is 0 Å². The molecule has 0 aliphatic carbocycles. The average Bonchev–Trinajstić information content (AvgIpc) is 2.49. The van der Waals surface area contributed by atoms with Crippen LogP contribution in [0.1, 0.15) is 30.1 Å². The summed E-state index contributed by atoms with van der Waals surface area (Å²) in [6, 6.07) is 1.22. The van der Waals surface area contributed by atoms with Crippen molar-refractivity contribution >= 4 is 0 Å². The molecular formula is C9H11N3. The first kappa shape index (κ1) is 6.54. The van der Waals surface area contributed by atoms with Gasteiger partial charge in [0.25, 0.3) is 0 Å². The summed E-state index contributed by atoms with van der Waals surface area (Å²) in [5.74, 6) is 0. The lowest BCUT2D eigenvalue weighted by molar-refractivity contribution is 0.504. The van der Waals surface area contributed by atoms with Crippen molar-refractivity contribution in [2.24, 2.45) is 0 Å². The first-order valence-corrected chi connectivity index (χ1v) is 4.48. The Bertz CT molecular complexity index is 310. The van der Waals surface area contributed by atoms with E-state index in [2.05, 4.69) is 15.3 Å². The molecule has 0 saturated carbocycles. The van der Waals surface area contributed by atoms with E-state index in [0.29, 0.717) is 12.1 Å². The van der Waals surface area contributed by atoms with Crippen LogP contribution in [0.5, 0.6) is 0 Å². The summed E-state index contributed by atoms with van der Waals surface area (Å²) >= 11 is 0. The van der Waals surface area contributed by atoms with Crippen LogP contribution in [0.15, 0.2) is 12.5 Å². The van der Waals surface area contributed by atoms with Gasteiger partial charge in [-0.05, 0) is 12.8 Å². The number of aromatic nitrogens is 2. The lowest BCUT2D eigenvalue weighted by atomic mass is 10.0. The monoisotopic (exact) mass is 161 g/mol. The predicted molar refractivity (Wildman–Crippen MR) is 44.6 cm³/mol. The smallest absolute Gasteiger partial charge is 0.115 e. The summed E-state index contributed by atoms with van der Waals surface area (Å²) < 4.78 is 0. The number of nitrogens with one attached hydrogen (secondary N) is 1. The van der Waals surface area contributed by atoms with Crippen LogP contribution in [0.2, 0.25) is 0 Å². The molecule has 1 fully saturated rings. The highest BCUT2D eigenvalue weighted by atomic mass is 15.0. The first-order valence-electron chi connectivity index (χ1n) is 4.48. The number of hydrogen-bond donors (Lipinski definition) is 1. The van der Waals surface area contributed by atoms with Crippen LogP contribution in [0.3, 0.4) is 0 Å². The predicted octanol–water partition coefficient (Wildman–Crippen LogP) is 0.826. The number of nitrogens with zero attached hydrogens (tertiary/aromatic N) is 2. The molecule has 0 radical (unpaired) electrons. The topological polar surface area (TPSA) is 37.8 Å². The van der Waals surface area contributed by atoms with Crippen LogP contribution < -0.4 is 5.32 Å². The van der Waals surface area contributed by atoms with Crippen molar-refractivity contribution in [3.63, 3.8) is 0 Å². The highest BCUT2D eigenvalue weighted by Gasteiger charge is 2.32. The minimum atomic E-state index is 0.542. The van der Waals surface area contributed by atoms with Gasteiger partial charge in [-0.1, -0.05) is 0 Å². The Labute approximate surface area is 71.2 Å². The molecular weight excluding hydrogens is 150 g/mol. The summed E-state index contributed by atoms with van der Waals surface area (Å²) in [6.45, 7) is 0.